The molecule has 2 aliphatic carbocycles. The maximum absolute atomic E-state index is 13.3. The fourth-order valence-corrected chi connectivity index (χ4v) is 4.56. The van der Waals surface area contributed by atoms with E-state index in [2.05, 4.69) is 0 Å². The molecule has 6 heteroatoms. The quantitative estimate of drug-likeness (QED) is 0.800. The van der Waals surface area contributed by atoms with Gasteiger partial charge in [0.25, 0.3) is 0 Å². The molecule has 6 nitrogen and oxygen atoms in total. The molecule has 1 saturated heterocycles. The number of ether oxygens (including phenoxy) is 1. The summed E-state index contributed by atoms with van der Waals surface area (Å²) in [4.78, 5) is 26.8. The molecule has 0 radical (unpaired) electrons. The first-order valence-electron chi connectivity index (χ1n) is 8.97. The Bertz CT molecular complexity index is 661. The third-order valence-corrected chi connectivity index (χ3v) is 5.72. The maximum Gasteiger partial charge on any atom is 0.307 e. The molecule has 0 unspecified atom stereocenters. The summed E-state index contributed by atoms with van der Waals surface area (Å²) in [6.07, 6.45) is 8.29. The largest absolute Gasteiger partial charge is 0.481 e. The van der Waals surface area contributed by atoms with Gasteiger partial charge in [-0.3, -0.25) is 9.59 Å². The molecule has 134 valence electrons. The van der Waals surface area contributed by atoms with Gasteiger partial charge in [0.2, 0.25) is 5.91 Å². The van der Waals surface area contributed by atoms with Crippen molar-refractivity contribution in [3.63, 3.8) is 0 Å². The second-order valence-corrected chi connectivity index (χ2v) is 7.27. The minimum Gasteiger partial charge on any atom is -0.481 e. The van der Waals surface area contributed by atoms with E-state index >= 15 is 0 Å². The number of furan rings is 1. The van der Waals surface area contributed by atoms with E-state index in [1.165, 1.54) is 0 Å². The van der Waals surface area contributed by atoms with Gasteiger partial charge in [0.15, 0.2) is 0 Å². The van der Waals surface area contributed by atoms with Crippen LogP contribution in [0, 0.1) is 23.7 Å². The molecule has 2 fully saturated rings. The average Bonchev–Trinajstić information content (AvgIpc) is 3.36. The number of hydrogen-bond donors (Lipinski definition) is 1. The molecule has 1 aliphatic heterocycles. The Hall–Kier alpha value is -2.08. The molecule has 1 N–H and O–H groups in total. The molecule has 25 heavy (non-hydrogen) atoms. The minimum atomic E-state index is -0.870. The summed E-state index contributed by atoms with van der Waals surface area (Å²) in [6.45, 7) is 1.57. The summed E-state index contributed by atoms with van der Waals surface area (Å²) in [5.41, 5.74) is 0. The van der Waals surface area contributed by atoms with Crippen LogP contribution in [0.4, 0.5) is 0 Å². The number of carboxylic acids is 1. The van der Waals surface area contributed by atoms with Crippen molar-refractivity contribution in [1.82, 2.24) is 4.90 Å². The van der Waals surface area contributed by atoms with Crippen LogP contribution in [0.5, 0.6) is 0 Å². The SMILES string of the molecule is O=C(O)[C@H]1[C@@H](C(=O)N(Cc2ccco2)C[C@H]2CCCO2)[C@@H]2C=C[C@@H]1C2. The second-order valence-electron chi connectivity index (χ2n) is 7.27. The molecule has 1 saturated carbocycles. The molecule has 0 spiro atoms. The van der Waals surface area contributed by atoms with E-state index in [1.807, 2.05) is 18.2 Å². The van der Waals surface area contributed by atoms with Crippen LogP contribution in [0.25, 0.3) is 0 Å². The zero-order valence-electron chi connectivity index (χ0n) is 14.0. The normalized spacial score (nSPS) is 33.0. The predicted octanol–water partition coefficient (Wildman–Crippen LogP) is 2.31. The van der Waals surface area contributed by atoms with E-state index in [9.17, 15) is 14.7 Å². The van der Waals surface area contributed by atoms with E-state index in [-0.39, 0.29) is 23.8 Å². The van der Waals surface area contributed by atoms with Crippen molar-refractivity contribution in [2.75, 3.05) is 13.2 Å². The highest BCUT2D eigenvalue weighted by Gasteiger charge is 2.52. The number of nitrogens with zero attached hydrogens (tertiary/aromatic N) is 1. The van der Waals surface area contributed by atoms with Crippen molar-refractivity contribution >= 4 is 11.9 Å². The molecular formula is C19H23NO5. The van der Waals surface area contributed by atoms with Gasteiger partial charge < -0.3 is 19.2 Å². The zero-order chi connectivity index (χ0) is 17.4. The first kappa shape index (κ1) is 16.4. The van der Waals surface area contributed by atoms with Gasteiger partial charge in [0, 0.05) is 13.2 Å². The number of rotatable bonds is 6. The summed E-state index contributed by atoms with van der Waals surface area (Å²) < 4.78 is 11.1. The summed E-state index contributed by atoms with van der Waals surface area (Å²) in [6, 6.07) is 3.63. The highest BCUT2D eigenvalue weighted by atomic mass is 16.5. The lowest BCUT2D eigenvalue weighted by molar-refractivity contribution is -0.152. The van der Waals surface area contributed by atoms with Crippen LogP contribution in [0.3, 0.4) is 0 Å². The maximum atomic E-state index is 13.3. The molecule has 1 amide bonds. The van der Waals surface area contributed by atoms with Gasteiger partial charge in [-0.2, -0.15) is 0 Å². The summed E-state index contributed by atoms with van der Waals surface area (Å²) in [5.74, 6) is -1.35. The lowest BCUT2D eigenvalue weighted by Gasteiger charge is -2.31. The number of hydrogen-bond acceptors (Lipinski definition) is 4. The molecular weight excluding hydrogens is 322 g/mol. The van der Waals surface area contributed by atoms with E-state index in [4.69, 9.17) is 9.15 Å². The molecule has 4 rings (SSSR count). The Morgan fingerprint density at radius 2 is 2.04 bits per heavy atom. The zero-order valence-corrected chi connectivity index (χ0v) is 14.0. The summed E-state index contributed by atoms with van der Waals surface area (Å²) in [7, 11) is 0. The number of amides is 1. The molecule has 1 aromatic heterocycles. The Morgan fingerprint density at radius 3 is 2.68 bits per heavy atom. The Kier molecular flexibility index (Phi) is 4.37. The van der Waals surface area contributed by atoms with Crippen LogP contribution >= 0.6 is 0 Å². The number of fused-ring (bicyclic) bond motifs is 2. The predicted molar refractivity (Wildman–Crippen MR) is 88.5 cm³/mol. The smallest absolute Gasteiger partial charge is 0.307 e. The van der Waals surface area contributed by atoms with Crippen LogP contribution in [-0.4, -0.2) is 41.1 Å². The lowest BCUT2D eigenvalue weighted by Crippen LogP contribution is -2.45. The van der Waals surface area contributed by atoms with Crippen molar-refractivity contribution in [3.8, 4) is 0 Å². The van der Waals surface area contributed by atoms with Crippen molar-refractivity contribution in [1.29, 1.82) is 0 Å². The summed E-state index contributed by atoms with van der Waals surface area (Å²) in [5, 5.41) is 9.63. The minimum absolute atomic E-state index is 0.0235. The van der Waals surface area contributed by atoms with Gasteiger partial charge >= 0.3 is 5.97 Å². The Morgan fingerprint density at radius 1 is 1.24 bits per heavy atom. The van der Waals surface area contributed by atoms with E-state index in [0.717, 1.165) is 25.9 Å². The molecule has 3 aliphatic rings. The lowest BCUT2D eigenvalue weighted by atomic mass is 9.82. The van der Waals surface area contributed by atoms with Gasteiger partial charge in [0.05, 0.1) is 30.7 Å². The van der Waals surface area contributed by atoms with Crippen molar-refractivity contribution < 1.29 is 23.8 Å². The third kappa shape index (κ3) is 3.11. The van der Waals surface area contributed by atoms with Crippen LogP contribution in [0.15, 0.2) is 35.0 Å². The number of carbonyl (C=O) groups excluding carboxylic acids is 1. The fraction of sp³-hybridized carbons (Fsp3) is 0.579. The van der Waals surface area contributed by atoms with E-state index in [1.54, 1.807) is 17.2 Å². The Labute approximate surface area is 146 Å². The third-order valence-electron chi connectivity index (χ3n) is 5.72. The number of carbonyl (C=O) groups is 2. The van der Waals surface area contributed by atoms with Gasteiger partial charge in [-0.1, -0.05) is 12.2 Å². The first-order chi connectivity index (χ1) is 12.1. The van der Waals surface area contributed by atoms with Crippen LogP contribution in [-0.2, 0) is 20.9 Å². The topological polar surface area (TPSA) is 80.0 Å². The van der Waals surface area contributed by atoms with Crippen molar-refractivity contribution in [3.05, 3.63) is 36.3 Å². The van der Waals surface area contributed by atoms with Gasteiger partial charge in [-0.15, -0.1) is 0 Å². The molecule has 5 atom stereocenters. The average molecular weight is 345 g/mol. The van der Waals surface area contributed by atoms with Gasteiger partial charge in [-0.25, -0.2) is 0 Å². The van der Waals surface area contributed by atoms with Crippen LogP contribution < -0.4 is 0 Å². The number of aliphatic carboxylic acids is 1. The van der Waals surface area contributed by atoms with Crippen LogP contribution in [0.1, 0.15) is 25.0 Å². The molecule has 2 heterocycles. The fourth-order valence-electron chi connectivity index (χ4n) is 4.56. The van der Waals surface area contributed by atoms with Gasteiger partial charge in [-0.05, 0) is 43.2 Å². The summed E-state index contributed by atoms with van der Waals surface area (Å²) >= 11 is 0. The highest BCUT2D eigenvalue weighted by molar-refractivity contribution is 5.87. The van der Waals surface area contributed by atoms with E-state index < -0.39 is 17.8 Å². The molecule has 0 aromatic carbocycles. The monoisotopic (exact) mass is 345 g/mol. The standard InChI is InChI=1S/C19H23NO5/c21-18(16-12-5-6-13(9-12)17(16)19(22)23)20(10-14-3-1-7-24-14)11-15-4-2-8-25-15/h1,3,5-7,12-13,15-17H,2,4,8-11H2,(H,22,23)/t12-,13-,15-,16+,17-/m1/s1. The molecule has 2 bridgehead atoms. The van der Waals surface area contributed by atoms with E-state index in [0.29, 0.717) is 18.8 Å². The van der Waals surface area contributed by atoms with Crippen LogP contribution in [0.2, 0.25) is 0 Å². The number of carboxylic acid groups (broad SMARTS) is 1. The van der Waals surface area contributed by atoms with Crippen molar-refractivity contribution in [2.45, 2.75) is 31.9 Å². The molecule has 1 aromatic rings. The van der Waals surface area contributed by atoms with Gasteiger partial charge in [0.1, 0.15) is 5.76 Å². The Balaban J connectivity index is 1.55. The van der Waals surface area contributed by atoms with Crippen molar-refractivity contribution in [2.24, 2.45) is 23.7 Å². The number of allylic oxidation sites excluding steroid dienone is 2. The highest BCUT2D eigenvalue weighted by Crippen LogP contribution is 2.49. The first-order valence-corrected chi connectivity index (χ1v) is 8.97. The second kappa shape index (κ2) is 6.67.